The first-order valence-electron chi connectivity index (χ1n) is 7.55. The summed E-state index contributed by atoms with van der Waals surface area (Å²) < 4.78 is 0. The third kappa shape index (κ3) is 2.63. The van der Waals surface area contributed by atoms with Crippen molar-refractivity contribution in [3.8, 4) is 0 Å². The van der Waals surface area contributed by atoms with Gasteiger partial charge >= 0.3 is 0 Å². The van der Waals surface area contributed by atoms with E-state index < -0.39 is 0 Å². The van der Waals surface area contributed by atoms with Crippen LogP contribution in [-0.2, 0) is 0 Å². The van der Waals surface area contributed by atoms with Crippen molar-refractivity contribution in [2.24, 2.45) is 11.7 Å². The molecule has 1 aliphatic rings. The molecule has 110 valence electrons. The van der Waals surface area contributed by atoms with Crippen LogP contribution in [-0.4, -0.2) is 34.9 Å². The topological polar surface area (TPSA) is 59.2 Å². The Labute approximate surface area is 125 Å². The highest BCUT2D eigenvalue weighted by Crippen LogP contribution is 2.25. The third-order valence-electron chi connectivity index (χ3n) is 4.45. The number of pyridine rings is 1. The average Bonchev–Trinajstić information content (AvgIpc) is 2.54. The molecule has 2 heterocycles. The highest BCUT2D eigenvalue weighted by atomic mass is 16.2. The minimum atomic E-state index is 0.0254. The maximum absolute atomic E-state index is 12.9. The number of amides is 1. The van der Waals surface area contributed by atoms with E-state index in [0.717, 1.165) is 30.2 Å². The summed E-state index contributed by atoms with van der Waals surface area (Å²) in [4.78, 5) is 19.2. The Hall–Kier alpha value is -1.94. The van der Waals surface area contributed by atoms with Crippen LogP contribution in [0.25, 0.3) is 10.8 Å². The summed E-state index contributed by atoms with van der Waals surface area (Å²) in [7, 11) is 0. The number of likely N-dealkylation sites (tertiary alicyclic amines) is 1. The van der Waals surface area contributed by atoms with Gasteiger partial charge in [-0.15, -0.1) is 0 Å². The van der Waals surface area contributed by atoms with Crippen LogP contribution < -0.4 is 5.73 Å². The Balaban J connectivity index is 1.96. The molecule has 1 saturated heterocycles. The molecule has 2 aromatic rings. The number of piperidine rings is 1. The Morgan fingerprint density at radius 2 is 2.14 bits per heavy atom. The first-order chi connectivity index (χ1) is 10.2. The third-order valence-corrected chi connectivity index (χ3v) is 4.45. The molecule has 0 radical (unpaired) electrons. The van der Waals surface area contributed by atoms with Crippen LogP contribution in [0.2, 0.25) is 0 Å². The van der Waals surface area contributed by atoms with E-state index >= 15 is 0 Å². The van der Waals surface area contributed by atoms with E-state index in [9.17, 15) is 4.79 Å². The predicted octanol–water partition coefficient (Wildman–Crippen LogP) is 2.43. The van der Waals surface area contributed by atoms with Crippen molar-refractivity contribution >= 4 is 16.7 Å². The minimum absolute atomic E-state index is 0.0254. The molecule has 1 aromatic heterocycles. The van der Waals surface area contributed by atoms with Crippen molar-refractivity contribution in [3.05, 3.63) is 42.2 Å². The van der Waals surface area contributed by atoms with Gasteiger partial charge in [-0.3, -0.25) is 9.78 Å². The molecule has 1 amide bonds. The lowest BCUT2D eigenvalue weighted by Gasteiger charge is -2.37. The molecule has 1 aromatic carbocycles. The van der Waals surface area contributed by atoms with Crippen LogP contribution in [0.4, 0.5) is 0 Å². The molecule has 0 spiro atoms. The number of carbonyl (C=O) groups excluding carboxylic acids is 1. The fourth-order valence-corrected chi connectivity index (χ4v) is 3.08. The summed E-state index contributed by atoms with van der Waals surface area (Å²) >= 11 is 0. The van der Waals surface area contributed by atoms with Crippen molar-refractivity contribution in [1.29, 1.82) is 0 Å². The monoisotopic (exact) mass is 283 g/mol. The van der Waals surface area contributed by atoms with Gasteiger partial charge < -0.3 is 10.6 Å². The largest absolute Gasteiger partial charge is 0.334 e. The number of nitrogens with zero attached hydrogens (tertiary/aromatic N) is 2. The van der Waals surface area contributed by atoms with E-state index in [1.54, 1.807) is 6.20 Å². The van der Waals surface area contributed by atoms with Gasteiger partial charge in [0.15, 0.2) is 0 Å². The maximum atomic E-state index is 12.9. The van der Waals surface area contributed by atoms with Crippen molar-refractivity contribution in [2.45, 2.75) is 25.8 Å². The molecule has 3 rings (SSSR count). The van der Waals surface area contributed by atoms with E-state index in [0.29, 0.717) is 18.2 Å². The molecule has 2 unspecified atom stereocenters. The minimum Gasteiger partial charge on any atom is -0.334 e. The van der Waals surface area contributed by atoms with Gasteiger partial charge in [-0.05, 0) is 43.7 Å². The zero-order chi connectivity index (χ0) is 14.8. The predicted molar refractivity (Wildman–Crippen MR) is 84.0 cm³/mol. The molecule has 2 N–H and O–H groups in total. The summed E-state index contributed by atoms with van der Waals surface area (Å²) in [6.45, 7) is 3.48. The molecular weight excluding hydrogens is 262 g/mol. The maximum Gasteiger partial charge on any atom is 0.273 e. The SMILES string of the molecule is CC1CCC(CN)CN1C(=O)c1nccc2ccccc12. The summed E-state index contributed by atoms with van der Waals surface area (Å²) in [5, 5.41) is 1.97. The van der Waals surface area contributed by atoms with Gasteiger partial charge in [0, 0.05) is 24.2 Å². The van der Waals surface area contributed by atoms with E-state index in [2.05, 4.69) is 11.9 Å². The Bertz CT molecular complexity index is 650. The quantitative estimate of drug-likeness (QED) is 0.921. The zero-order valence-electron chi connectivity index (χ0n) is 12.3. The Morgan fingerprint density at radius 3 is 2.95 bits per heavy atom. The van der Waals surface area contributed by atoms with E-state index in [4.69, 9.17) is 5.73 Å². The number of rotatable bonds is 2. The molecular formula is C17H21N3O. The summed E-state index contributed by atoms with van der Waals surface area (Å²) in [6, 6.07) is 10.1. The lowest BCUT2D eigenvalue weighted by Crippen LogP contribution is -2.47. The van der Waals surface area contributed by atoms with Gasteiger partial charge in [-0.1, -0.05) is 24.3 Å². The normalized spacial score (nSPS) is 22.5. The lowest BCUT2D eigenvalue weighted by atomic mass is 9.93. The Morgan fingerprint density at radius 1 is 1.33 bits per heavy atom. The molecule has 4 nitrogen and oxygen atoms in total. The average molecular weight is 283 g/mol. The smallest absolute Gasteiger partial charge is 0.273 e. The first kappa shape index (κ1) is 14.0. The van der Waals surface area contributed by atoms with Crippen LogP contribution in [0.1, 0.15) is 30.3 Å². The number of nitrogens with two attached hydrogens (primary N) is 1. The van der Waals surface area contributed by atoms with Gasteiger partial charge in [0.2, 0.25) is 0 Å². The molecule has 0 saturated carbocycles. The van der Waals surface area contributed by atoms with Crippen molar-refractivity contribution in [3.63, 3.8) is 0 Å². The van der Waals surface area contributed by atoms with Crippen molar-refractivity contribution < 1.29 is 4.79 Å². The van der Waals surface area contributed by atoms with E-state index in [1.807, 2.05) is 35.2 Å². The van der Waals surface area contributed by atoms with Crippen LogP contribution in [0, 0.1) is 5.92 Å². The molecule has 21 heavy (non-hydrogen) atoms. The van der Waals surface area contributed by atoms with Crippen LogP contribution >= 0.6 is 0 Å². The highest BCUT2D eigenvalue weighted by molar-refractivity contribution is 6.05. The number of carbonyl (C=O) groups is 1. The van der Waals surface area contributed by atoms with Crippen LogP contribution in [0.15, 0.2) is 36.5 Å². The molecule has 0 aliphatic carbocycles. The highest BCUT2D eigenvalue weighted by Gasteiger charge is 2.30. The second kappa shape index (κ2) is 5.82. The lowest BCUT2D eigenvalue weighted by molar-refractivity contribution is 0.0563. The second-order valence-electron chi connectivity index (χ2n) is 5.87. The fourth-order valence-electron chi connectivity index (χ4n) is 3.08. The number of hydrogen-bond acceptors (Lipinski definition) is 3. The number of benzene rings is 1. The molecule has 1 aliphatic heterocycles. The van der Waals surface area contributed by atoms with Crippen LogP contribution in [0.3, 0.4) is 0 Å². The molecule has 2 atom stereocenters. The first-order valence-corrected chi connectivity index (χ1v) is 7.55. The Kier molecular flexibility index (Phi) is 3.88. The molecule has 1 fully saturated rings. The summed E-state index contributed by atoms with van der Waals surface area (Å²) in [5.74, 6) is 0.428. The number of fused-ring (bicyclic) bond motifs is 1. The summed E-state index contributed by atoms with van der Waals surface area (Å²) in [5.41, 5.74) is 6.34. The van der Waals surface area contributed by atoms with Gasteiger partial charge in [-0.25, -0.2) is 0 Å². The van der Waals surface area contributed by atoms with Crippen molar-refractivity contribution in [1.82, 2.24) is 9.88 Å². The van der Waals surface area contributed by atoms with Gasteiger partial charge in [0.1, 0.15) is 5.69 Å². The molecule has 0 bridgehead atoms. The standard InChI is InChI=1S/C17H21N3O/c1-12-6-7-13(10-18)11-20(12)17(21)16-15-5-3-2-4-14(15)8-9-19-16/h2-5,8-9,12-13H,6-7,10-11,18H2,1H3. The summed E-state index contributed by atoms with van der Waals surface area (Å²) in [6.07, 6.45) is 3.83. The second-order valence-corrected chi connectivity index (χ2v) is 5.87. The van der Waals surface area contributed by atoms with Crippen molar-refractivity contribution in [2.75, 3.05) is 13.1 Å². The number of aromatic nitrogens is 1. The number of hydrogen-bond donors (Lipinski definition) is 1. The van der Waals surface area contributed by atoms with Gasteiger partial charge in [0.25, 0.3) is 5.91 Å². The zero-order valence-corrected chi connectivity index (χ0v) is 12.3. The fraction of sp³-hybridized carbons (Fsp3) is 0.412. The molecule has 4 heteroatoms. The van der Waals surface area contributed by atoms with Gasteiger partial charge in [0.05, 0.1) is 0 Å². The van der Waals surface area contributed by atoms with E-state index in [-0.39, 0.29) is 11.9 Å². The van der Waals surface area contributed by atoms with Gasteiger partial charge in [-0.2, -0.15) is 0 Å². The van der Waals surface area contributed by atoms with E-state index in [1.165, 1.54) is 0 Å². The van der Waals surface area contributed by atoms with Crippen LogP contribution in [0.5, 0.6) is 0 Å².